The van der Waals surface area contributed by atoms with Crippen LogP contribution in [0.25, 0.3) is 0 Å². The first-order valence-electron chi connectivity index (χ1n) is 6.27. The van der Waals surface area contributed by atoms with Crippen LogP contribution in [0.4, 0.5) is 0 Å². The lowest BCUT2D eigenvalue weighted by molar-refractivity contribution is 0.273. The standard InChI is InChI=1S/C14H17NO4S2/c1-10-8-20-9-12(10)6-15-21(17,18)13-3-4-14(19-2)11(5-13)7-16/h3-5,8-9,15-16H,6-7H2,1-2H3. The molecule has 21 heavy (non-hydrogen) atoms. The number of aryl methyl sites for hydroxylation is 1. The van der Waals surface area contributed by atoms with Crippen LogP contribution in [0.3, 0.4) is 0 Å². The monoisotopic (exact) mass is 327 g/mol. The SMILES string of the molecule is COc1ccc(S(=O)(=O)NCc2cscc2C)cc1CO. The minimum absolute atomic E-state index is 0.111. The van der Waals surface area contributed by atoms with Crippen LogP contribution in [-0.2, 0) is 23.2 Å². The maximum absolute atomic E-state index is 12.3. The molecule has 0 radical (unpaired) electrons. The van der Waals surface area contributed by atoms with Crippen LogP contribution >= 0.6 is 11.3 Å². The fourth-order valence-corrected chi connectivity index (χ4v) is 3.78. The summed E-state index contributed by atoms with van der Waals surface area (Å²) in [7, 11) is -2.15. The number of sulfonamides is 1. The summed E-state index contributed by atoms with van der Waals surface area (Å²) in [5.74, 6) is 0.463. The minimum atomic E-state index is -3.62. The minimum Gasteiger partial charge on any atom is -0.496 e. The van der Waals surface area contributed by atoms with Gasteiger partial charge in [-0.15, -0.1) is 0 Å². The highest BCUT2D eigenvalue weighted by molar-refractivity contribution is 7.89. The van der Waals surface area contributed by atoms with Crippen molar-refractivity contribution in [2.75, 3.05) is 7.11 Å². The lowest BCUT2D eigenvalue weighted by atomic mass is 10.2. The first-order chi connectivity index (χ1) is 9.97. The highest BCUT2D eigenvalue weighted by Gasteiger charge is 2.16. The molecule has 5 nitrogen and oxygen atoms in total. The number of methoxy groups -OCH3 is 1. The number of rotatable bonds is 6. The third-order valence-electron chi connectivity index (χ3n) is 3.15. The van der Waals surface area contributed by atoms with Gasteiger partial charge in [0.1, 0.15) is 5.75 Å². The van der Waals surface area contributed by atoms with Crippen LogP contribution in [0.1, 0.15) is 16.7 Å². The zero-order chi connectivity index (χ0) is 15.5. The molecule has 0 amide bonds. The molecule has 0 unspecified atom stereocenters. The molecule has 1 aromatic carbocycles. The van der Waals surface area contributed by atoms with Crippen molar-refractivity contribution in [3.63, 3.8) is 0 Å². The summed E-state index contributed by atoms with van der Waals surface area (Å²) in [6.45, 7) is 1.91. The van der Waals surface area contributed by atoms with Crippen molar-refractivity contribution in [1.82, 2.24) is 4.72 Å². The van der Waals surface area contributed by atoms with Crippen LogP contribution in [0, 0.1) is 6.92 Å². The first kappa shape index (κ1) is 16.0. The summed E-state index contributed by atoms with van der Waals surface area (Å²) in [5.41, 5.74) is 2.46. The molecule has 0 aliphatic heterocycles. The predicted molar refractivity (Wildman–Crippen MR) is 82.0 cm³/mol. The Morgan fingerprint density at radius 2 is 2.05 bits per heavy atom. The third kappa shape index (κ3) is 3.62. The quantitative estimate of drug-likeness (QED) is 0.851. The first-order valence-corrected chi connectivity index (χ1v) is 8.69. The Morgan fingerprint density at radius 3 is 2.62 bits per heavy atom. The van der Waals surface area contributed by atoms with E-state index in [0.29, 0.717) is 11.3 Å². The van der Waals surface area contributed by atoms with Crippen LogP contribution < -0.4 is 9.46 Å². The van der Waals surface area contributed by atoms with E-state index in [9.17, 15) is 13.5 Å². The van der Waals surface area contributed by atoms with Crippen molar-refractivity contribution >= 4 is 21.4 Å². The Hall–Kier alpha value is -1.41. The fraction of sp³-hybridized carbons (Fsp3) is 0.286. The molecule has 7 heteroatoms. The van der Waals surface area contributed by atoms with Crippen LogP contribution in [0.15, 0.2) is 33.9 Å². The van der Waals surface area contributed by atoms with Gasteiger partial charge in [0.15, 0.2) is 0 Å². The highest BCUT2D eigenvalue weighted by Crippen LogP contribution is 2.22. The normalized spacial score (nSPS) is 11.6. The van der Waals surface area contributed by atoms with Gasteiger partial charge in [-0.1, -0.05) is 0 Å². The number of nitrogens with one attached hydrogen (secondary N) is 1. The molecule has 0 atom stereocenters. The van der Waals surface area contributed by atoms with Gasteiger partial charge in [0.2, 0.25) is 10.0 Å². The van der Waals surface area contributed by atoms with Gasteiger partial charge in [-0.05, 0) is 47.0 Å². The largest absolute Gasteiger partial charge is 0.496 e. The molecule has 0 fully saturated rings. The molecule has 2 N–H and O–H groups in total. The van der Waals surface area contributed by atoms with Gasteiger partial charge in [0, 0.05) is 12.1 Å². The smallest absolute Gasteiger partial charge is 0.240 e. The van der Waals surface area contributed by atoms with Crippen LogP contribution in [0.2, 0.25) is 0 Å². The van der Waals surface area contributed by atoms with E-state index in [2.05, 4.69) is 4.72 Å². The van der Waals surface area contributed by atoms with Gasteiger partial charge in [-0.2, -0.15) is 11.3 Å². The summed E-state index contributed by atoms with van der Waals surface area (Å²) in [5, 5.41) is 13.2. The fourth-order valence-electron chi connectivity index (χ4n) is 1.87. The maximum atomic E-state index is 12.3. The number of aliphatic hydroxyl groups excluding tert-OH is 1. The van der Waals surface area contributed by atoms with Crippen molar-refractivity contribution in [2.24, 2.45) is 0 Å². The van der Waals surface area contributed by atoms with E-state index in [1.54, 1.807) is 0 Å². The zero-order valence-corrected chi connectivity index (χ0v) is 13.4. The van der Waals surface area contributed by atoms with E-state index in [0.717, 1.165) is 11.1 Å². The predicted octanol–water partition coefficient (Wildman–Crippen LogP) is 2.04. The Labute approximate surface area is 128 Å². The number of hydrogen-bond acceptors (Lipinski definition) is 5. The Morgan fingerprint density at radius 1 is 1.29 bits per heavy atom. The van der Waals surface area contributed by atoms with Gasteiger partial charge in [0.25, 0.3) is 0 Å². The second-order valence-corrected chi connectivity index (χ2v) is 7.05. The molecule has 0 saturated heterocycles. The van der Waals surface area contributed by atoms with Gasteiger partial charge in [-0.25, -0.2) is 13.1 Å². The van der Waals surface area contributed by atoms with Crippen LogP contribution in [0.5, 0.6) is 5.75 Å². The summed E-state index contributed by atoms with van der Waals surface area (Å²) in [4.78, 5) is 0.111. The summed E-state index contributed by atoms with van der Waals surface area (Å²) in [6.07, 6.45) is 0. The van der Waals surface area contributed by atoms with Gasteiger partial charge >= 0.3 is 0 Å². The summed E-state index contributed by atoms with van der Waals surface area (Å²) in [6, 6.07) is 4.42. The Bertz CT molecular complexity index is 722. The molecule has 0 aliphatic carbocycles. The van der Waals surface area contributed by atoms with E-state index in [-0.39, 0.29) is 18.0 Å². The van der Waals surface area contributed by atoms with Crippen molar-refractivity contribution < 1.29 is 18.3 Å². The van der Waals surface area contributed by atoms with E-state index in [1.165, 1.54) is 36.6 Å². The summed E-state index contributed by atoms with van der Waals surface area (Å²) >= 11 is 1.54. The Balaban J connectivity index is 2.21. The summed E-state index contributed by atoms with van der Waals surface area (Å²) < 4.78 is 32.2. The van der Waals surface area contributed by atoms with E-state index >= 15 is 0 Å². The number of aliphatic hydroxyl groups is 1. The molecular formula is C14H17NO4S2. The molecule has 2 rings (SSSR count). The van der Waals surface area contributed by atoms with E-state index < -0.39 is 10.0 Å². The number of thiophene rings is 1. The number of ether oxygens (including phenoxy) is 1. The molecule has 1 aromatic heterocycles. The van der Waals surface area contributed by atoms with Gasteiger partial charge in [0.05, 0.1) is 18.6 Å². The van der Waals surface area contributed by atoms with Crippen molar-refractivity contribution in [3.8, 4) is 5.75 Å². The van der Waals surface area contributed by atoms with Crippen molar-refractivity contribution in [2.45, 2.75) is 25.0 Å². The lowest BCUT2D eigenvalue weighted by Gasteiger charge is -2.10. The molecule has 1 heterocycles. The number of hydrogen-bond donors (Lipinski definition) is 2. The average molecular weight is 327 g/mol. The average Bonchev–Trinajstić information content (AvgIpc) is 2.89. The lowest BCUT2D eigenvalue weighted by Crippen LogP contribution is -2.23. The van der Waals surface area contributed by atoms with Gasteiger partial charge in [-0.3, -0.25) is 0 Å². The van der Waals surface area contributed by atoms with E-state index in [4.69, 9.17) is 4.74 Å². The van der Waals surface area contributed by atoms with Crippen LogP contribution in [-0.4, -0.2) is 20.6 Å². The molecule has 114 valence electrons. The molecular weight excluding hydrogens is 310 g/mol. The maximum Gasteiger partial charge on any atom is 0.240 e. The van der Waals surface area contributed by atoms with Crippen molar-refractivity contribution in [3.05, 3.63) is 45.6 Å². The molecule has 2 aromatic rings. The molecule has 0 aliphatic rings. The second kappa shape index (κ2) is 6.57. The third-order valence-corrected chi connectivity index (χ3v) is 5.46. The number of benzene rings is 1. The molecule has 0 bridgehead atoms. The molecule has 0 spiro atoms. The highest BCUT2D eigenvalue weighted by atomic mass is 32.2. The molecule has 0 saturated carbocycles. The van der Waals surface area contributed by atoms with E-state index in [1.807, 2.05) is 17.7 Å². The topological polar surface area (TPSA) is 75.6 Å². The van der Waals surface area contributed by atoms with Gasteiger partial charge < -0.3 is 9.84 Å². The van der Waals surface area contributed by atoms with Crippen molar-refractivity contribution in [1.29, 1.82) is 0 Å². The zero-order valence-electron chi connectivity index (χ0n) is 11.8. The second-order valence-electron chi connectivity index (χ2n) is 4.54. The Kier molecular flexibility index (Phi) is 5.00.